The normalized spacial score (nSPS) is 22.9. The fraction of sp³-hybridized carbons (Fsp3) is 0.500. The number of fused-ring (bicyclic) bond motifs is 2. The van der Waals surface area contributed by atoms with Gasteiger partial charge in [-0.05, 0) is 54.9 Å². The number of hydrogen-bond donors (Lipinski definition) is 0. The molecule has 0 amide bonds. The first kappa shape index (κ1) is 15.3. The second kappa shape index (κ2) is 5.42. The monoisotopic (exact) mass is 344 g/mol. The van der Waals surface area contributed by atoms with Gasteiger partial charge >= 0.3 is 0 Å². The molecule has 0 radical (unpaired) electrons. The summed E-state index contributed by atoms with van der Waals surface area (Å²) in [6.45, 7) is 6.28. The fourth-order valence-electron chi connectivity index (χ4n) is 3.50. The molecule has 5 heteroatoms. The molecule has 4 rings (SSSR count). The molecular formula is C18H20N2OS2. The SMILES string of the molecule is CC(=O)[C@H]1CSC(c2nc3cc4c(cc3s2)CCCC4(C)C)=N1. The van der Waals surface area contributed by atoms with Crippen molar-refractivity contribution in [1.29, 1.82) is 0 Å². The Labute approximate surface area is 144 Å². The standard InChI is InChI=1S/C18H20N2OS2/c1-10(21)14-9-22-16(20-14)17-19-13-8-12-11(7-15(13)23-17)5-4-6-18(12,2)3/h7-8,14H,4-6,9H2,1-3H3/t14-/m1/s1. The number of aromatic nitrogens is 1. The third-order valence-electron chi connectivity index (χ3n) is 4.89. The molecule has 2 aromatic rings. The van der Waals surface area contributed by atoms with Gasteiger partial charge in [0.05, 0.1) is 10.2 Å². The first-order valence-corrected chi connectivity index (χ1v) is 9.90. The molecule has 23 heavy (non-hydrogen) atoms. The number of thioether (sulfide) groups is 1. The summed E-state index contributed by atoms with van der Waals surface area (Å²) in [5.41, 5.74) is 4.25. The van der Waals surface area contributed by atoms with Crippen LogP contribution in [0.15, 0.2) is 17.1 Å². The number of aliphatic imine (C=N–C) groups is 1. The summed E-state index contributed by atoms with van der Waals surface area (Å²) < 4.78 is 1.24. The predicted octanol–water partition coefficient (Wildman–Crippen LogP) is 4.36. The molecule has 0 N–H and O–H groups in total. The van der Waals surface area contributed by atoms with Crippen molar-refractivity contribution in [3.63, 3.8) is 0 Å². The van der Waals surface area contributed by atoms with E-state index in [-0.39, 0.29) is 17.2 Å². The van der Waals surface area contributed by atoms with Crippen LogP contribution in [-0.4, -0.2) is 27.6 Å². The van der Waals surface area contributed by atoms with E-state index in [2.05, 4.69) is 31.0 Å². The zero-order valence-electron chi connectivity index (χ0n) is 13.7. The highest BCUT2D eigenvalue weighted by atomic mass is 32.2. The molecule has 0 bridgehead atoms. The molecular weight excluding hydrogens is 324 g/mol. The zero-order valence-corrected chi connectivity index (χ0v) is 15.3. The Balaban J connectivity index is 1.78. The van der Waals surface area contributed by atoms with Gasteiger partial charge < -0.3 is 0 Å². The van der Waals surface area contributed by atoms with E-state index >= 15 is 0 Å². The highest BCUT2D eigenvalue weighted by Crippen LogP contribution is 2.40. The molecule has 1 aliphatic heterocycles. The van der Waals surface area contributed by atoms with Crippen molar-refractivity contribution < 1.29 is 4.79 Å². The van der Waals surface area contributed by atoms with E-state index < -0.39 is 0 Å². The van der Waals surface area contributed by atoms with Crippen molar-refractivity contribution in [1.82, 2.24) is 4.98 Å². The number of carbonyl (C=O) groups is 1. The summed E-state index contributed by atoms with van der Waals surface area (Å²) >= 11 is 3.36. The van der Waals surface area contributed by atoms with Gasteiger partial charge in [0, 0.05) is 5.75 Å². The third-order valence-corrected chi connectivity index (χ3v) is 7.10. The van der Waals surface area contributed by atoms with Gasteiger partial charge in [0.1, 0.15) is 16.1 Å². The van der Waals surface area contributed by atoms with Crippen LogP contribution in [0.25, 0.3) is 10.2 Å². The molecule has 0 fully saturated rings. The van der Waals surface area contributed by atoms with Crippen LogP contribution < -0.4 is 0 Å². The Hall–Kier alpha value is -1.20. The number of hydrogen-bond acceptors (Lipinski definition) is 5. The molecule has 0 unspecified atom stereocenters. The van der Waals surface area contributed by atoms with Crippen molar-refractivity contribution in [3.05, 3.63) is 28.3 Å². The van der Waals surface area contributed by atoms with E-state index in [1.165, 1.54) is 35.1 Å². The van der Waals surface area contributed by atoms with E-state index in [0.29, 0.717) is 0 Å². The molecule has 1 aromatic carbocycles. The van der Waals surface area contributed by atoms with E-state index in [0.717, 1.165) is 21.3 Å². The molecule has 3 nitrogen and oxygen atoms in total. The fourth-order valence-corrected chi connectivity index (χ4v) is 5.70. The third kappa shape index (κ3) is 2.64. The van der Waals surface area contributed by atoms with E-state index in [4.69, 9.17) is 4.98 Å². The first-order valence-electron chi connectivity index (χ1n) is 8.09. The number of carbonyl (C=O) groups excluding carboxylic acids is 1. The van der Waals surface area contributed by atoms with Crippen molar-refractivity contribution in [2.45, 2.75) is 51.5 Å². The highest BCUT2D eigenvalue weighted by molar-refractivity contribution is 8.15. The minimum absolute atomic E-state index is 0.144. The molecule has 2 heterocycles. The molecule has 0 spiro atoms. The van der Waals surface area contributed by atoms with Crippen molar-refractivity contribution >= 4 is 44.1 Å². The summed E-state index contributed by atoms with van der Waals surface area (Å²) in [6.07, 6.45) is 3.68. The van der Waals surface area contributed by atoms with Gasteiger partial charge in [-0.2, -0.15) is 0 Å². The maximum Gasteiger partial charge on any atom is 0.155 e. The lowest BCUT2D eigenvalue weighted by Crippen LogP contribution is -2.23. The molecule has 1 aromatic heterocycles. The Morgan fingerprint density at radius 2 is 2.17 bits per heavy atom. The number of benzene rings is 1. The largest absolute Gasteiger partial charge is 0.298 e. The number of nitrogens with zero attached hydrogens (tertiary/aromatic N) is 2. The van der Waals surface area contributed by atoms with Crippen LogP contribution in [0.3, 0.4) is 0 Å². The summed E-state index contributed by atoms with van der Waals surface area (Å²) in [6, 6.07) is 4.43. The van der Waals surface area contributed by atoms with Crippen molar-refractivity contribution in [2.75, 3.05) is 5.75 Å². The number of rotatable bonds is 2. The van der Waals surface area contributed by atoms with Crippen LogP contribution in [0, 0.1) is 0 Å². The van der Waals surface area contributed by atoms with Crippen LogP contribution in [0.1, 0.15) is 49.7 Å². The van der Waals surface area contributed by atoms with Crippen LogP contribution in [0.4, 0.5) is 0 Å². The maximum atomic E-state index is 11.5. The molecule has 120 valence electrons. The molecule has 2 aliphatic rings. The van der Waals surface area contributed by atoms with Gasteiger partial charge in [-0.3, -0.25) is 9.79 Å². The Morgan fingerprint density at radius 3 is 2.91 bits per heavy atom. The molecule has 1 aliphatic carbocycles. The Morgan fingerprint density at radius 1 is 1.35 bits per heavy atom. The molecule has 0 saturated carbocycles. The lowest BCUT2D eigenvalue weighted by atomic mass is 9.73. The summed E-state index contributed by atoms with van der Waals surface area (Å²) in [7, 11) is 0. The Bertz CT molecular complexity index is 835. The number of aryl methyl sites for hydroxylation is 1. The summed E-state index contributed by atoms with van der Waals surface area (Å²) in [4.78, 5) is 20.9. The Kier molecular flexibility index (Phi) is 3.61. The lowest BCUT2D eigenvalue weighted by Gasteiger charge is -2.32. The average Bonchev–Trinajstić information content (AvgIpc) is 3.11. The van der Waals surface area contributed by atoms with Crippen LogP contribution in [0.5, 0.6) is 0 Å². The molecule has 0 saturated heterocycles. The summed E-state index contributed by atoms with van der Waals surface area (Å²) in [5.74, 6) is 0.898. The number of ketones is 1. The minimum atomic E-state index is -0.186. The second-order valence-electron chi connectivity index (χ2n) is 7.11. The topological polar surface area (TPSA) is 42.3 Å². The van der Waals surface area contributed by atoms with Crippen molar-refractivity contribution in [3.8, 4) is 0 Å². The van der Waals surface area contributed by atoms with Crippen LogP contribution >= 0.6 is 23.1 Å². The predicted molar refractivity (Wildman–Crippen MR) is 99.0 cm³/mol. The second-order valence-corrected chi connectivity index (χ2v) is 9.14. The van der Waals surface area contributed by atoms with Crippen LogP contribution in [-0.2, 0) is 16.6 Å². The summed E-state index contributed by atoms with van der Waals surface area (Å²) in [5, 5.41) is 1.90. The van der Waals surface area contributed by atoms with Gasteiger partial charge in [0.25, 0.3) is 0 Å². The number of thiazole rings is 1. The quantitative estimate of drug-likeness (QED) is 0.813. The maximum absolute atomic E-state index is 11.5. The van der Waals surface area contributed by atoms with Gasteiger partial charge in [0.15, 0.2) is 5.78 Å². The zero-order chi connectivity index (χ0) is 16.2. The van der Waals surface area contributed by atoms with E-state index in [1.807, 2.05) is 0 Å². The van der Waals surface area contributed by atoms with Gasteiger partial charge in [-0.25, -0.2) is 4.98 Å². The first-order chi connectivity index (χ1) is 10.9. The van der Waals surface area contributed by atoms with Gasteiger partial charge in [0.2, 0.25) is 0 Å². The van der Waals surface area contributed by atoms with Gasteiger partial charge in [-0.1, -0.05) is 13.8 Å². The molecule has 1 atom stereocenters. The minimum Gasteiger partial charge on any atom is -0.298 e. The highest BCUT2D eigenvalue weighted by Gasteiger charge is 2.29. The van der Waals surface area contributed by atoms with E-state index in [9.17, 15) is 4.79 Å². The average molecular weight is 345 g/mol. The van der Waals surface area contributed by atoms with Gasteiger partial charge in [-0.15, -0.1) is 23.1 Å². The van der Waals surface area contributed by atoms with Crippen LogP contribution in [0.2, 0.25) is 0 Å². The smallest absolute Gasteiger partial charge is 0.155 e. The lowest BCUT2D eigenvalue weighted by molar-refractivity contribution is -0.117. The van der Waals surface area contributed by atoms with Crippen molar-refractivity contribution in [2.24, 2.45) is 4.99 Å². The number of Topliss-reactive ketones (excluding diaryl/α,β-unsaturated/α-hetero) is 1. The van der Waals surface area contributed by atoms with E-state index in [1.54, 1.807) is 30.0 Å².